The summed E-state index contributed by atoms with van der Waals surface area (Å²) in [5.74, 6) is 0.553. The van der Waals surface area contributed by atoms with Crippen LogP contribution in [-0.2, 0) is 11.3 Å². The summed E-state index contributed by atoms with van der Waals surface area (Å²) in [6.45, 7) is 7.31. The summed E-state index contributed by atoms with van der Waals surface area (Å²) in [4.78, 5) is 32.3. The van der Waals surface area contributed by atoms with E-state index in [1.54, 1.807) is 9.80 Å². The first kappa shape index (κ1) is 21.4. The van der Waals surface area contributed by atoms with Crippen molar-refractivity contribution in [3.05, 3.63) is 41.6 Å². The van der Waals surface area contributed by atoms with Gasteiger partial charge in [-0.15, -0.1) is 0 Å². The van der Waals surface area contributed by atoms with Gasteiger partial charge in [-0.25, -0.2) is 4.98 Å². The minimum Gasteiger partial charge on any atom is -0.482 e. The second-order valence-electron chi connectivity index (χ2n) is 8.53. The minimum atomic E-state index is -0.249. The number of rotatable bonds is 7. The summed E-state index contributed by atoms with van der Waals surface area (Å²) in [6, 6.07) is 6.40. The monoisotopic (exact) mass is 427 g/mol. The van der Waals surface area contributed by atoms with Crippen molar-refractivity contribution in [1.82, 2.24) is 10.3 Å². The zero-order valence-electron chi connectivity index (χ0n) is 18.3. The standard InChI is InChI=1S/C23H30N4O4/c1-16-7-8-20-19(12-16)27(22(28)15-30-20)13-21-25-18(14-31-21)23(29)24-9-5-11-26-10-4-3-6-17(26)2/h7-8,12,14,17H,3-6,9-11,13,15H2,1-2H3,(H,24,29)/p+1/t17-/m0/s1. The zero-order valence-corrected chi connectivity index (χ0v) is 18.3. The molecule has 1 saturated heterocycles. The second kappa shape index (κ2) is 9.51. The molecule has 2 atom stereocenters. The summed E-state index contributed by atoms with van der Waals surface area (Å²) in [7, 11) is 0. The van der Waals surface area contributed by atoms with E-state index in [0.29, 0.717) is 29.9 Å². The van der Waals surface area contributed by atoms with Crippen LogP contribution in [0.2, 0.25) is 0 Å². The second-order valence-corrected chi connectivity index (χ2v) is 8.53. The first-order valence-electron chi connectivity index (χ1n) is 11.1. The average Bonchev–Trinajstić information content (AvgIpc) is 3.23. The van der Waals surface area contributed by atoms with Gasteiger partial charge in [0.2, 0.25) is 5.89 Å². The van der Waals surface area contributed by atoms with Crippen molar-refractivity contribution < 1.29 is 23.6 Å². The molecule has 1 unspecified atom stereocenters. The fourth-order valence-electron chi connectivity index (χ4n) is 4.34. The van der Waals surface area contributed by atoms with E-state index < -0.39 is 0 Å². The smallest absolute Gasteiger partial charge is 0.273 e. The Kier molecular flexibility index (Phi) is 6.56. The average molecular weight is 428 g/mol. The van der Waals surface area contributed by atoms with E-state index in [2.05, 4.69) is 17.2 Å². The number of quaternary nitrogens is 1. The van der Waals surface area contributed by atoms with Crippen LogP contribution in [0.15, 0.2) is 28.9 Å². The molecule has 2 aliphatic heterocycles. The van der Waals surface area contributed by atoms with Crippen molar-refractivity contribution in [2.75, 3.05) is 31.1 Å². The van der Waals surface area contributed by atoms with Gasteiger partial charge in [0.25, 0.3) is 11.8 Å². The van der Waals surface area contributed by atoms with Crippen LogP contribution in [-0.4, -0.2) is 49.1 Å². The minimum absolute atomic E-state index is 0.0261. The van der Waals surface area contributed by atoms with Crippen LogP contribution in [0.4, 0.5) is 5.69 Å². The molecule has 0 aliphatic carbocycles. The Hall–Kier alpha value is -2.87. The SMILES string of the molecule is Cc1ccc2c(c1)N(Cc1nc(C(=O)NCCC[NH+]3CCCC[C@@H]3C)co1)C(=O)CO2. The fourth-order valence-corrected chi connectivity index (χ4v) is 4.34. The van der Waals surface area contributed by atoms with E-state index in [0.717, 1.165) is 18.5 Å². The molecule has 0 bridgehead atoms. The van der Waals surface area contributed by atoms with Gasteiger partial charge in [0, 0.05) is 13.0 Å². The predicted octanol–water partition coefficient (Wildman–Crippen LogP) is 1.49. The first-order valence-corrected chi connectivity index (χ1v) is 11.1. The number of fused-ring (bicyclic) bond motifs is 1. The molecule has 2 N–H and O–H groups in total. The van der Waals surface area contributed by atoms with Crippen LogP contribution in [0.3, 0.4) is 0 Å². The zero-order chi connectivity index (χ0) is 21.8. The lowest BCUT2D eigenvalue weighted by Crippen LogP contribution is -3.16. The third kappa shape index (κ3) is 5.07. The van der Waals surface area contributed by atoms with Crippen molar-refractivity contribution in [3.63, 3.8) is 0 Å². The maximum atomic E-state index is 12.4. The molecule has 8 heteroatoms. The van der Waals surface area contributed by atoms with Crippen molar-refractivity contribution in [1.29, 1.82) is 0 Å². The number of aromatic nitrogens is 1. The van der Waals surface area contributed by atoms with Gasteiger partial charge < -0.3 is 19.4 Å². The molecule has 0 radical (unpaired) electrons. The number of ether oxygens (including phenoxy) is 1. The highest BCUT2D eigenvalue weighted by molar-refractivity contribution is 5.97. The molecular weight excluding hydrogens is 396 g/mol. The Balaban J connectivity index is 1.31. The van der Waals surface area contributed by atoms with Crippen molar-refractivity contribution >= 4 is 17.5 Å². The molecule has 8 nitrogen and oxygen atoms in total. The van der Waals surface area contributed by atoms with Crippen molar-refractivity contribution in [2.45, 2.75) is 52.1 Å². The lowest BCUT2D eigenvalue weighted by atomic mass is 10.0. The van der Waals surface area contributed by atoms with Crippen LogP contribution in [0.5, 0.6) is 5.75 Å². The van der Waals surface area contributed by atoms with Gasteiger partial charge >= 0.3 is 0 Å². The number of aryl methyl sites for hydroxylation is 1. The lowest BCUT2D eigenvalue weighted by Gasteiger charge is -2.30. The Morgan fingerprint density at radius 3 is 3.06 bits per heavy atom. The van der Waals surface area contributed by atoms with Gasteiger partial charge in [-0.1, -0.05) is 6.07 Å². The summed E-state index contributed by atoms with van der Waals surface area (Å²) in [6.07, 6.45) is 6.21. The number of oxazole rings is 1. The largest absolute Gasteiger partial charge is 0.482 e. The van der Waals surface area contributed by atoms with Crippen LogP contribution in [0.1, 0.15) is 54.5 Å². The number of piperidine rings is 1. The van der Waals surface area contributed by atoms with E-state index in [-0.39, 0.29) is 30.7 Å². The molecule has 1 aromatic heterocycles. The number of hydrogen-bond donors (Lipinski definition) is 2. The molecule has 2 amide bonds. The molecule has 31 heavy (non-hydrogen) atoms. The Morgan fingerprint density at radius 2 is 2.23 bits per heavy atom. The number of hydrogen-bond acceptors (Lipinski definition) is 5. The lowest BCUT2D eigenvalue weighted by molar-refractivity contribution is -0.928. The maximum absolute atomic E-state index is 12.4. The van der Waals surface area contributed by atoms with E-state index in [1.807, 2.05) is 25.1 Å². The van der Waals surface area contributed by atoms with Crippen LogP contribution in [0, 0.1) is 6.92 Å². The number of nitrogens with zero attached hydrogens (tertiary/aromatic N) is 2. The highest BCUT2D eigenvalue weighted by Crippen LogP contribution is 2.33. The topological polar surface area (TPSA) is 89.1 Å². The van der Waals surface area contributed by atoms with Gasteiger partial charge in [-0.2, -0.15) is 0 Å². The number of likely N-dealkylation sites (tertiary alicyclic amines) is 1. The van der Waals surface area contributed by atoms with Crippen LogP contribution in [0.25, 0.3) is 0 Å². The van der Waals surface area contributed by atoms with Crippen LogP contribution >= 0.6 is 0 Å². The summed E-state index contributed by atoms with van der Waals surface area (Å²) >= 11 is 0. The van der Waals surface area contributed by atoms with Gasteiger partial charge in [0.05, 0.1) is 24.8 Å². The molecule has 166 valence electrons. The number of nitrogens with one attached hydrogen (secondary N) is 2. The summed E-state index contributed by atoms with van der Waals surface area (Å²) < 4.78 is 11.0. The van der Waals surface area contributed by atoms with Crippen molar-refractivity contribution in [2.24, 2.45) is 0 Å². The number of benzene rings is 1. The molecule has 0 saturated carbocycles. The highest BCUT2D eigenvalue weighted by Gasteiger charge is 2.27. The molecule has 0 spiro atoms. The van der Waals surface area contributed by atoms with Crippen molar-refractivity contribution in [3.8, 4) is 5.75 Å². The molecular formula is C23H31N4O4+. The normalized spacial score (nSPS) is 20.8. The van der Waals surface area contributed by atoms with Gasteiger partial charge in [0.15, 0.2) is 12.3 Å². The van der Waals surface area contributed by atoms with E-state index in [9.17, 15) is 9.59 Å². The maximum Gasteiger partial charge on any atom is 0.273 e. The Bertz CT molecular complexity index is 941. The van der Waals surface area contributed by atoms with Gasteiger partial charge in [-0.3, -0.25) is 14.5 Å². The van der Waals surface area contributed by atoms with E-state index in [4.69, 9.17) is 9.15 Å². The number of anilines is 1. The molecule has 2 aliphatic rings. The van der Waals surface area contributed by atoms with Gasteiger partial charge in [0.1, 0.15) is 18.6 Å². The molecule has 4 rings (SSSR count). The van der Waals surface area contributed by atoms with E-state index in [1.165, 1.54) is 32.1 Å². The summed E-state index contributed by atoms with van der Waals surface area (Å²) in [5.41, 5.74) is 1.95. The van der Waals surface area contributed by atoms with Gasteiger partial charge in [-0.05, 0) is 50.8 Å². The highest BCUT2D eigenvalue weighted by atomic mass is 16.5. The number of amides is 2. The van der Waals surface area contributed by atoms with Crippen LogP contribution < -0.4 is 19.9 Å². The summed E-state index contributed by atoms with van der Waals surface area (Å²) in [5, 5.41) is 2.93. The molecule has 2 aromatic rings. The quantitative estimate of drug-likeness (QED) is 0.654. The number of carbonyl (C=O) groups excluding carboxylic acids is 2. The Labute approximate surface area is 182 Å². The third-order valence-electron chi connectivity index (χ3n) is 6.18. The first-order chi connectivity index (χ1) is 15.0. The third-order valence-corrected chi connectivity index (χ3v) is 6.18. The Morgan fingerprint density at radius 1 is 1.35 bits per heavy atom. The molecule has 1 aromatic carbocycles. The molecule has 1 fully saturated rings. The number of carbonyl (C=O) groups is 2. The van der Waals surface area contributed by atoms with E-state index >= 15 is 0 Å². The fraction of sp³-hybridized carbons (Fsp3) is 0.522. The molecule has 3 heterocycles. The predicted molar refractivity (Wildman–Crippen MR) is 115 cm³/mol.